The Morgan fingerprint density at radius 1 is 1.33 bits per heavy atom. The van der Waals surface area contributed by atoms with Crippen molar-refractivity contribution in [3.8, 4) is 24.2 Å². The smallest absolute Gasteiger partial charge is 0.269 e. The van der Waals surface area contributed by atoms with Gasteiger partial charge in [0.15, 0.2) is 0 Å². The number of nitro groups is 1. The molecule has 5 nitrogen and oxygen atoms in total. The van der Waals surface area contributed by atoms with Crippen LogP contribution in [0.15, 0.2) is 46.9 Å². The fourth-order valence-electron chi connectivity index (χ4n) is 1.98. The second-order valence-electron chi connectivity index (χ2n) is 4.65. The van der Waals surface area contributed by atoms with E-state index in [4.69, 9.17) is 11.2 Å². The largest absolute Gasteiger partial charge is 0.480 e. The van der Waals surface area contributed by atoms with Crippen LogP contribution in [0.2, 0.25) is 0 Å². The molecule has 0 heterocycles. The number of allylic oxidation sites excluding steroid dienone is 1. The van der Waals surface area contributed by atoms with Gasteiger partial charge in [-0.3, -0.25) is 10.1 Å². The highest BCUT2D eigenvalue weighted by Gasteiger charge is 2.09. The van der Waals surface area contributed by atoms with E-state index in [0.29, 0.717) is 22.4 Å². The number of nitro benzene ring substituents is 1. The molecule has 0 aromatic heterocycles. The quantitative estimate of drug-likeness (QED) is 0.252. The first-order valence-corrected chi connectivity index (χ1v) is 7.57. The molecule has 24 heavy (non-hydrogen) atoms. The number of halogens is 1. The van der Waals surface area contributed by atoms with Gasteiger partial charge < -0.3 is 4.74 Å². The molecule has 0 saturated heterocycles. The van der Waals surface area contributed by atoms with Crippen molar-refractivity contribution >= 4 is 33.3 Å². The summed E-state index contributed by atoms with van der Waals surface area (Å²) in [6.07, 6.45) is 6.86. The molecule has 0 spiro atoms. The number of non-ortho nitro benzene ring substituents is 1. The van der Waals surface area contributed by atoms with Gasteiger partial charge in [-0.15, -0.1) is 6.42 Å². The monoisotopic (exact) mass is 382 g/mol. The first-order valence-electron chi connectivity index (χ1n) is 6.77. The fraction of sp³-hybridized carbons (Fsp3) is 0.0556. The van der Waals surface area contributed by atoms with Crippen LogP contribution in [0.5, 0.6) is 5.75 Å². The summed E-state index contributed by atoms with van der Waals surface area (Å²) in [7, 11) is 0. The minimum atomic E-state index is -0.486. The third-order valence-corrected chi connectivity index (χ3v) is 3.59. The van der Waals surface area contributed by atoms with E-state index in [1.807, 2.05) is 0 Å². The Balaban J connectivity index is 2.43. The van der Waals surface area contributed by atoms with Crippen LogP contribution in [-0.2, 0) is 0 Å². The Bertz CT molecular complexity index is 875. The van der Waals surface area contributed by atoms with E-state index in [1.165, 1.54) is 24.3 Å². The molecule has 0 unspecified atom stereocenters. The van der Waals surface area contributed by atoms with Gasteiger partial charge in [-0.25, -0.2) is 0 Å². The highest BCUT2D eigenvalue weighted by Crippen LogP contribution is 2.28. The summed E-state index contributed by atoms with van der Waals surface area (Å²) < 4.78 is 6.29. The van der Waals surface area contributed by atoms with Gasteiger partial charge in [0.25, 0.3) is 5.69 Å². The van der Waals surface area contributed by atoms with Crippen LogP contribution in [0, 0.1) is 33.8 Å². The van der Waals surface area contributed by atoms with Crippen LogP contribution in [0.4, 0.5) is 5.69 Å². The third kappa shape index (κ3) is 4.22. The summed E-state index contributed by atoms with van der Waals surface area (Å²) in [5.74, 6) is 2.94. The maximum absolute atomic E-state index is 10.7. The van der Waals surface area contributed by atoms with Gasteiger partial charge in [0, 0.05) is 22.2 Å². The molecule has 0 saturated carbocycles. The van der Waals surface area contributed by atoms with Gasteiger partial charge in [-0.2, -0.15) is 5.26 Å². The standard InChI is InChI=1S/C18H11BrN2O3/c1-2-9-24-18-8-5-16(19)11-14(18)10-15(12-20)13-3-6-17(7-4-13)21(22)23/h1,3-8,10-11H,9H2. The van der Waals surface area contributed by atoms with Crippen molar-refractivity contribution < 1.29 is 9.66 Å². The van der Waals surface area contributed by atoms with Crippen LogP contribution in [0.1, 0.15) is 11.1 Å². The number of nitrogens with zero attached hydrogens (tertiary/aromatic N) is 2. The molecule has 2 aromatic carbocycles. The van der Waals surface area contributed by atoms with Crippen molar-refractivity contribution in [2.24, 2.45) is 0 Å². The molecule has 0 atom stereocenters. The Labute approximate surface area is 147 Å². The normalized spacial score (nSPS) is 10.5. The van der Waals surface area contributed by atoms with Crippen molar-refractivity contribution in [3.63, 3.8) is 0 Å². The number of hydrogen-bond acceptors (Lipinski definition) is 4. The minimum Gasteiger partial charge on any atom is -0.480 e. The lowest BCUT2D eigenvalue weighted by molar-refractivity contribution is -0.384. The van der Waals surface area contributed by atoms with E-state index in [-0.39, 0.29) is 12.3 Å². The summed E-state index contributed by atoms with van der Waals surface area (Å²) in [6.45, 7) is 0.113. The van der Waals surface area contributed by atoms with Crippen molar-refractivity contribution in [1.29, 1.82) is 5.26 Å². The van der Waals surface area contributed by atoms with Gasteiger partial charge in [0.1, 0.15) is 12.4 Å². The predicted octanol–water partition coefficient (Wildman–Crippen LogP) is 4.43. The molecule has 0 radical (unpaired) electrons. The molecule has 2 aromatic rings. The van der Waals surface area contributed by atoms with Gasteiger partial charge in [0.2, 0.25) is 0 Å². The van der Waals surface area contributed by atoms with E-state index < -0.39 is 4.92 Å². The number of hydrogen-bond donors (Lipinski definition) is 0. The molecule has 118 valence electrons. The van der Waals surface area contributed by atoms with Crippen molar-refractivity contribution in [3.05, 3.63) is 68.2 Å². The van der Waals surface area contributed by atoms with Gasteiger partial charge in [0.05, 0.1) is 16.6 Å². The first-order chi connectivity index (χ1) is 11.5. The summed E-state index contributed by atoms with van der Waals surface area (Å²) in [5, 5.41) is 20.1. The molecular weight excluding hydrogens is 372 g/mol. The highest BCUT2D eigenvalue weighted by molar-refractivity contribution is 9.10. The maximum Gasteiger partial charge on any atom is 0.269 e. The van der Waals surface area contributed by atoms with Crippen LogP contribution in [0.25, 0.3) is 11.6 Å². The SMILES string of the molecule is C#CCOc1ccc(Br)cc1C=C(C#N)c1ccc([N+](=O)[O-])cc1. The second-order valence-corrected chi connectivity index (χ2v) is 5.56. The lowest BCUT2D eigenvalue weighted by atomic mass is 10.0. The molecule has 0 aliphatic carbocycles. The number of ether oxygens (including phenoxy) is 1. The lowest BCUT2D eigenvalue weighted by Crippen LogP contribution is -1.96. The number of benzene rings is 2. The van der Waals surface area contributed by atoms with E-state index >= 15 is 0 Å². The first kappa shape index (κ1) is 17.3. The van der Waals surface area contributed by atoms with Crippen LogP contribution in [0.3, 0.4) is 0 Å². The van der Waals surface area contributed by atoms with Crippen LogP contribution in [-0.4, -0.2) is 11.5 Å². The molecule has 0 amide bonds. The summed E-state index contributed by atoms with van der Waals surface area (Å²) in [4.78, 5) is 10.2. The van der Waals surface area contributed by atoms with E-state index in [9.17, 15) is 15.4 Å². The van der Waals surface area contributed by atoms with Crippen molar-refractivity contribution in [2.45, 2.75) is 0 Å². The molecule has 2 rings (SSSR count). The summed E-state index contributed by atoms with van der Waals surface area (Å²) in [6, 6.07) is 13.2. The maximum atomic E-state index is 10.7. The minimum absolute atomic E-state index is 0.0310. The molecule has 0 aliphatic rings. The van der Waals surface area contributed by atoms with Crippen LogP contribution < -0.4 is 4.74 Å². The average Bonchev–Trinajstić information content (AvgIpc) is 2.59. The Morgan fingerprint density at radius 2 is 2.04 bits per heavy atom. The van der Waals surface area contributed by atoms with Gasteiger partial charge in [-0.1, -0.05) is 21.9 Å². The molecule has 6 heteroatoms. The summed E-state index contributed by atoms with van der Waals surface area (Å²) in [5.41, 5.74) is 1.57. The van der Waals surface area contributed by atoms with Crippen molar-refractivity contribution in [1.82, 2.24) is 0 Å². The molecule has 0 bridgehead atoms. The Kier molecular flexibility index (Phi) is 5.73. The Morgan fingerprint density at radius 3 is 2.62 bits per heavy atom. The second kappa shape index (κ2) is 7.96. The molecule has 0 N–H and O–H groups in total. The molecular formula is C18H11BrN2O3. The number of terminal acetylenes is 1. The number of nitriles is 1. The number of rotatable bonds is 5. The zero-order valence-electron chi connectivity index (χ0n) is 12.4. The molecule has 0 aliphatic heterocycles. The van der Waals surface area contributed by atoms with Gasteiger partial charge >= 0.3 is 0 Å². The lowest BCUT2D eigenvalue weighted by Gasteiger charge is -2.08. The average molecular weight is 383 g/mol. The van der Waals surface area contributed by atoms with Gasteiger partial charge in [-0.05, 0) is 42.0 Å². The van der Waals surface area contributed by atoms with E-state index in [1.54, 1.807) is 24.3 Å². The van der Waals surface area contributed by atoms with E-state index in [2.05, 4.69) is 27.9 Å². The fourth-order valence-corrected chi connectivity index (χ4v) is 2.36. The van der Waals surface area contributed by atoms with Crippen LogP contribution >= 0.6 is 15.9 Å². The van der Waals surface area contributed by atoms with E-state index in [0.717, 1.165) is 4.47 Å². The van der Waals surface area contributed by atoms with Crippen molar-refractivity contribution in [2.75, 3.05) is 6.61 Å². The third-order valence-electron chi connectivity index (χ3n) is 3.09. The summed E-state index contributed by atoms with van der Waals surface area (Å²) >= 11 is 3.38. The Hall–Kier alpha value is -3.09. The highest BCUT2D eigenvalue weighted by atomic mass is 79.9. The zero-order valence-corrected chi connectivity index (χ0v) is 14.0. The predicted molar refractivity (Wildman–Crippen MR) is 95.1 cm³/mol. The molecule has 0 fully saturated rings. The topological polar surface area (TPSA) is 76.2 Å². The zero-order chi connectivity index (χ0) is 17.5.